The highest BCUT2D eigenvalue weighted by molar-refractivity contribution is 5.74. The molecule has 0 amide bonds. The smallest absolute Gasteiger partial charge is 0.372 e. The van der Waals surface area contributed by atoms with Crippen LogP contribution in [0.1, 0.15) is 20.3 Å². The summed E-state index contributed by atoms with van der Waals surface area (Å²) < 4.78 is 6.18. The van der Waals surface area contributed by atoms with E-state index in [9.17, 15) is 9.59 Å². The lowest BCUT2D eigenvalue weighted by Gasteiger charge is -2.10. The Morgan fingerprint density at radius 3 is 2.61 bits per heavy atom. The van der Waals surface area contributed by atoms with Gasteiger partial charge in [-0.1, -0.05) is 44.2 Å². The molecule has 0 saturated heterocycles. The molecule has 2 heterocycles. The van der Waals surface area contributed by atoms with E-state index in [4.69, 9.17) is 4.42 Å². The molecular weight excluding hydrogens is 294 g/mol. The zero-order chi connectivity index (χ0) is 16.4. The van der Waals surface area contributed by atoms with Crippen LogP contribution in [-0.4, -0.2) is 14.5 Å². The Balaban J connectivity index is 2.21. The molecule has 1 aromatic carbocycles. The van der Waals surface area contributed by atoms with Crippen molar-refractivity contribution in [3.05, 3.63) is 57.5 Å². The lowest BCUT2D eigenvalue weighted by Crippen LogP contribution is -2.26. The molecule has 2 aromatic heterocycles. The lowest BCUT2D eigenvalue weighted by molar-refractivity contribution is 0.398. The van der Waals surface area contributed by atoms with E-state index in [1.807, 2.05) is 30.3 Å². The first-order chi connectivity index (χ1) is 11.1. The molecule has 0 aliphatic heterocycles. The second-order valence-electron chi connectivity index (χ2n) is 5.79. The van der Waals surface area contributed by atoms with Gasteiger partial charge in [-0.15, -0.1) is 0 Å². The van der Waals surface area contributed by atoms with Crippen LogP contribution in [0.15, 0.2) is 50.5 Å². The van der Waals surface area contributed by atoms with Crippen molar-refractivity contribution in [3.8, 4) is 11.4 Å². The first-order valence-electron chi connectivity index (χ1n) is 7.52. The third-order valence-electron chi connectivity index (χ3n) is 3.61. The van der Waals surface area contributed by atoms with Crippen molar-refractivity contribution in [1.29, 1.82) is 0 Å². The Morgan fingerprint density at radius 2 is 1.91 bits per heavy atom. The van der Waals surface area contributed by atoms with E-state index in [1.165, 1.54) is 10.8 Å². The van der Waals surface area contributed by atoms with E-state index in [2.05, 4.69) is 23.8 Å². The van der Waals surface area contributed by atoms with Gasteiger partial charge in [0.2, 0.25) is 0 Å². The highest BCUT2D eigenvalue weighted by Crippen LogP contribution is 2.16. The van der Waals surface area contributed by atoms with Crippen molar-refractivity contribution in [2.45, 2.75) is 26.8 Å². The summed E-state index contributed by atoms with van der Waals surface area (Å²) in [7, 11) is 0. The van der Waals surface area contributed by atoms with Gasteiger partial charge in [-0.3, -0.25) is 4.57 Å². The topological polar surface area (TPSA) is 78.0 Å². The second-order valence-corrected chi connectivity index (χ2v) is 5.79. The summed E-state index contributed by atoms with van der Waals surface area (Å²) in [5.41, 5.74) is 0.441. The highest BCUT2D eigenvalue weighted by atomic mass is 16.4. The Bertz CT molecular complexity index is 943. The standard InChI is InChI=1S/C17H17N3O3/c1-11(2)8-9-20-15-13(16(21)23-17(20)22)10-18-14(19-15)12-6-4-3-5-7-12/h3-7,10-11H,8-9H2,1-2H3. The van der Waals surface area contributed by atoms with Crippen LogP contribution in [0.5, 0.6) is 0 Å². The monoisotopic (exact) mass is 311 g/mol. The normalized spacial score (nSPS) is 11.3. The van der Waals surface area contributed by atoms with Crippen molar-refractivity contribution < 1.29 is 4.42 Å². The van der Waals surface area contributed by atoms with Crippen LogP contribution < -0.4 is 11.4 Å². The van der Waals surface area contributed by atoms with Crippen LogP contribution in [-0.2, 0) is 6.54 Å². The van der Waals surface area contributed by atoms with Crippen molar-refractivity contribution in [2.75, 3.05) is 0 Å². The summed E-state index contributed by atoms with van der Waals surface area (Å²) in [5, 5.41) is 0.216. The summed E-state index contributed by atoms with van der Waals surface area (Å²) in [4.78, 5) is 32.6. The molecule has 0 spiro atoms. The number of aryl methyl sites for hydroxylation is 1. The summed E-state index contributed by atoms with van der Waals surface area (Å²) in [6.45, 7) is 4.58. The Kier molecular flexibility index (Phi) is 4.06. The molecule has 0 saturated carbocycles. The average molecular weight is 311 g/mol. The Labute approximate surface area is 132 Å². The number of hydrogen-bond donors (Lipinski definition) is 0. The van der Waals surface area contributed by atoms with Gasteiger partial charge in [0, 0.05) is 18.3 Å². The highest BCUT2D eigenvalue weighted by Gasteiger charge is 2.13. The van der Waals surface area contributed by atoms with Crippen LogP contribution in [0.2, 0.25) is 0 Å². The van der Waals surface area contributed by atoms with Crippen molar-refractivity contribution in [2.24, 2.45) is 5.92 Å². The van der Waals surface area contributed by atoms with Crippen molar-refractivity contribution >= 4 is 11.0 Å². The number of hydrogen-bond acceptors (Lipinski definition) is 5. The molecule has 118 valence electrons. The second kappa shape index (κ2) is 6.16. The molecule has 0 radical (unpaired) electrons. The average Bonchev–Trinajstić information content (AvgIpc) is 2.54. The molecule has 6 heteroatoms. The fraction of sp³-hybridized carbons (Fsp3) is 0.294. The maximum atomic E-state index is 12.1. The molecule has 6 nitrogen and oxygen atoms in total. The number of nitrogens with zero attached hydrogens (tertiary/aromatic N) is 3. The zero-order valence-electron chi connectivity index (χ0n) is 13.0. The van der Waals surface area contributed by atoms with E-state index in [0.717, 1.165) is 12.0 Å². The summed E-state index contributed by atoms with van der Waals surface area (Å²) in [5.74, 6) is 0.210. The number of rotatable bonds is 4. The molecule has 0 aliphatic rings. The van der Waals surface area contributed by atoms with Crippen LogP contribution in [0.4, 0.5) is 0 Å². The first-order valence-corrected chi connectivity index (χ1v) is 7.52. The maximum absolute atomic E-state index is 12.1. The van der Waals surface area contributed by atoms with Gasteiger partial charge in [0.1, 0.15) is 5.39 Å². The largest absolute Gasteiger partial charge is 0.423 e. The maximum Gasteiger partial charge on any atom is 0.423 e. The summed E-state index contributed by atoms with van der Waals surface area (Å²) in [6, 6.07) is 9.42. The summed E-state index contributed by atoms with van der Waals surface area (Å²) in [6.07, 6.45) is 2.20. The molecular formula is C17H17N3O3. The number of benzene rings is 1. The Hall–Kier alpha value is -2.76. The van der Waals surface area contributed by atoms with Gasteiger partial charge >= 0.3 is 11.4 Å². The van der Waals surface area contributed by atoms with E-state index < -0.39 is 11.4 Å². The molecule has 0 aliphatic carbocycles. The van der Waals surface area contributed by atoms with Gasteiger partial charge in [-0.05, 0) is 12.3 Å². The molecule has 0 atom stereocenters. The van der Waals surface area contributed by atoms with Gasteiger partial charge in [-0.2, -0.15) is 0 Å². The molecule has 0 N–H and O–H groups in total. The van der Waals surface area contributed by atoms with Gasteiger partial charge in [-0.25, -0.2) is 19.6 Å². The van der Waals surface area contributed by atoms with Gasteiger partial charge in [0.15, 0.2) is 11.5 Å². The molecule has 3 rings (SSSR count). The lowest BCUT2D eigenvalue weighted by atomic mass is 10.1. The minimum atomic E-state index is -0.703. The van der Waals surface area contributed by atoms with E-state index in [1.54, 1.807) is 0 Å². The summed E-state index contributed by atoms with van der Waals surface area (Å²) >= 11 is 0. The van der Waals surface area contributed by atoms with Crippen molar-refractivity contribution in [3.63, 3.8) is 0 Å². The van der Waals surface area contributed by atoms with Crippen LogP contribution >= 0.6 is 0 Å². The van der Waals surface area contributed by atoms with Gasteiger partial charge < -0.3 is 4.42 Å². The molecule has 0 unspecified atom stereocenters. The molecule has 0 fully saturated rings. The van der Waals surface area contributed by atoms with Gasteiger partial charge in [0.25, 0.3) is 0 Å². The fourth-order valence-corrected chi connectivity index (χ4v) is 2.31. The van der Waals surface area contributed by atoms with Crippen LogP contribution in [0, 0.1) is 5.92 Å². The van der Waals surface area contributed by atoms with Crippen LogP contribution in [0.3, 0.4) is 0 Å². The van der Waals surface area contributed by atoms with Gasteiger partial charge in [0.05, 0.1) is 0 Å². The SMILES string of the molecule is CC(C)CCn1c(=O)oc(=O)c2cnc(-c3ccccc3)nc21. The Morgan fingerprint density at radius 1 is 1.17 bits per heavy atom. The predicted molar refractivity (Wildman–Crippen MR) is 87.2 cm³/mol. The quantitative estimate of drug-likeness (QED) is 0.739. The zero-order valence-corrected chi connectivity index (χ0v) is 13.0. The van der Waals surface area contributed by atoms with Crippen molar-refractivity contribution in [1.82, 2.24) is 14.5 Å². The third kappa shape index (κ3) is 3.06. The van der Waals surface area contributed by atoms with E-state index in [0.29, 0.717) is 23.9 Å². The molecule has 23 heavy (non-hydrogen) atoms. The third-order valence-corrected chi connectivity index (χ3v) is 3.61. The fourth-order valence-electron chi connectivity index (χ4n) is 2.31. The molecule has 0 bridgehead atoms. The first kappa shape index (κ1) is 15.1. The minimum absolute atomic E-state index is 0.216. The van der Waals surface area contributed by atoms with E-state index >= 15 is 0 Å². The van der Waals surface area contributed by atoms with Crippen LogP contribution in [0.25, 0.3) is 22.4 Å². The number of aromatic nitrogens is 3. The minimum Gasteiger partial charge on any atom is -0.372 e. The van der Waals surface area contributed by atoms with E-state index in [-0.39, 0.29) is 5.39 Å². The molecule has 3 aromatic rings. The number of fused-ring (bicyclic) bond motifs is 1. The predicted octanol–water partition coefficient (Wildman–Crippen LogP) is 2.46.